The Labute approximate surface area is 202 Å². The van der Waals surface area contributed by atoms with E-state index in [1.54, 1.807) is 0 Å². The molecule has 0 aliphatic carbocycles. The van der Waals surface area contributed by atoms with Crippen LogP contribution in [-0.4, -0.2) is 7.69 Å². The average Bonchev–Trinajstić information content (AvgIpc) is 2.90. The van der Waals surface area contributed by atoms with E-state index in [2.05, 4.69) is 0 Å². The van der Waals surface area contributed by atoms with E-state index in [4.69, 9.17) is 9.31 Å². The van der Waals surface area contributed by atoms with Crippen LogP contribution < -0.4 is 9.31 Å². The van der Waals surface area contributed by atoms with Crippen LogP contribution in [0.25, 0.3) is 22.3 Å². The van der Waals surface area contributed by atoms with Crippen molar-refractivity contribution in [3.05, 3.63) is 107 Å². The minimum absolute atomic E-state index is 0.417. The van der Waals surface area contributed by atoms with Crippen LogP contribution in [0.4, 0.5) is 43.9 Å². The van der Waals surface area contributed by atoms with Gasteiger partial charge in [0.15, 0.2) is 46.5 Å². The molecule has 2 nitrogen and oxygen atoms in total. The smallest absolute Gasteiger partial charge is 0.528 e. The van der Waals surface area contributed by atoms with Crippen molar-refractivity contribution in [3.63, 3.8) is 0 Å². The first-order valence-corrected chi connectivity index (χ1v) is 10.0. The van der Waals surface area contributed by atoms with E-state index in [1.807, 2.05) is 0 Å². The van der Waals surface area contributed by atoms with Crippen molar-refractivity contribution in [3.8, 4) is 33.8 Å². The van der Waals surface area contributed by atoms with Crippen LogP contribution in [0.1, 0.15) is 0 Å². The summed E-state index contributed by atoms with van der Waals surface area (Å²) in [7, 11) is -0.876. The van der Waals surface area contributed by atoms with E-state index in [1.165, 1.54) is 24.3 Å². The molecular weight excluding hydrogens is 521 g/mol. The van der Waals surface area contributed by atoms with Crippen LogP contribution in [0, 0.1) is 58.2 Å². The Morgan fingerprint density at radius 2 is 0.649 bits per heavy atom. The largest absolute Gasteiger partial charge is 0.576 e. The summed E-state index contributed by atoms with van der Waals surface area (Å²) < 4.78 is 149. The van der Waals surface area contributed by atoms with Crippen molar-refractivity contribution in [2.24, 2.45) is 0 Å². The number of hydrogen-bond acceptors (Lipinski definition) is 2. The summed E-state index contributed by atoms with van der Waals surface area (Å²) in [5.41, 5.74) is -3.67. The fraction of sp³-hybridized carbons (Fsp3) is 0. The molecule has 0 fully saturated rings. The van der Waals surface area contributed by atoms with Crippen LogP contribution in [-0.2, 0) is 0 Å². The number of halogens is 10. The van der Waals surface area contributed by atoms with Crippen LogP contribution in [0.2, 0.25) is 0 Å². The molecule has 13 heteroatoms. The third-order valence-corrected chi connectivity index (χ3v) is 5.16. The molecule has 0 heterocycles. The van der Waals surface area contributed by atoms with Gasteiger partial charge in [0.1, 0.15) is 11.5 Å². The monoisotopic (exact) mass is 530 g/mol. The zero-order valence-electron chi connectivity index (χ0n) is 17.9. The molecule has 0 spiro atoms. The second kappa shape index (κ2) is 10.1. The summed E-state index contributed by atoms with van der Waals surface area (Å²) in [4.78, 5) is 0. The lowest BCUT2D eigenvalue weighted by atomic mass is 10.0. The SMILES string of the molecule is Fc1c(F)c(F)c(-c2ccccc2OBOc2ccccc2-c2c(F)c(F)c(F)c(F)c2F)c(F)c1F. The Morgan fingerprint density at radius 3 is 0.973 bits per heavy atom. The van der Waals surface area contributed by atoms with Gasteiger partial charge in [-0.05, 0) is 12.1 Å². The minimum Gasteiger partial charge on any atom is -0.528 e. The Balaban J connectivity index is 1.67. The summed E-state index contributed by atoms with van der Waals surface area (Å²) in [6.07, 6.45) is 0. The Bertz CT molecular complexity index is 1360. The molecule has 0 saturated heterocycles. The van der Waals surface area contributed by atoms with Gasteiger partial charge in [0.2, 0.25) is 11.6 Å². The minimum atomic E-state index is -2.36. The molecule has 4 aromatic rings. The number of rotatable bonds is 6. The normalized spacial score (nSPS) is 11.0. The number of para-hydroxylation sites is 2. The molecule has 0 saturated carbocycles. The molecule has 4 rings (SSSR count). The molecule has 0 aromatic heterocycles. The standard InChI is InChI=1S/C24H9BF10O2/c26-15-13(16(27)20(31)23(34)19(15)30)9-5-1-3-7-11(9)36-25-37-12-8-4-2-6-10(12)14-17(28)21(32)24(35)22(33)18(14)29/h1-8,25H. The Morgan fingerprint density at radius 1 is 0.378 bits per heavy atom. The van der Waals surface area contributed by atoms with Gasteiger partial charge in [-0.25, -0.2) is 43.9 Å². The van der Waals surface area contributed by atoms with Gasteiger partial charge < -0.3 is 9.31 Å². The number of hydrogen-bond donors (Lipinski definition) is 0. The van der Waals surface area contributed by atoms with Gasteiger partial charge in [-0.1, -0.05) is 36.4 Å². The number of benzene rings is 4. The van der Waals surface area contributed by atoms with Gasteiger partial charge in [-0.3, -0.25) is 0 Å². The summed E-state index contributed by atoms with van der Waals surface area (Å²) in [5.74, 6) is -22.8. The highest BCUT2D eigenvalue weighted by atomic mass is 19.2. The van der Waals surface area contributed by atoms with E-state index >= 15 is 0 Å². The van der Waals surface area contributed by atoms with Gasteiger partial charge >= 0.3 is 7.69 Å². The fourth-order valence-electron chi connectivity index (χ4n) is 3.44. The highest BCUT2D eigenvalue weighted by Crippen LogP contribution is 2.38. The molecule has 37 heavy (non-hydrogen) atoms. The van der Waals surface area contributed by atoms with Crippen molar-refractivity contribution in [2.45, 2.75) is 0 Å². The molecule has 190 valence electrons. The van der Waals surface area contributed by atoms with Gasteiger partial charge in [0, 0.05) is 11.1 Å². The van der Waals surface area contributed by atoms with Crippen LogP contribution in [0.5, 0.6) is 11.5 Å². The van der Waals surface area contributed by atoms with Crippen molar-refractivity contribution < 1.29 is 53.2 Å². The van der Waals surface area contributed by atoms with Crippen LogP contribution in [0.3, 0.4) is 0 Å². The van der Waals surface area contributed by atoms with E-state index in [9.17, 15) is 43.9 Å². The molecule has 0 N–H and O–H groups in total. The second-order valence-corrected chi connectivity index (χ2v) is 7.29. The summed E-state index contributed by atoms with van der Waals surface area (Å²) >= 11 is 0. The highest BCUT2D eigenvalue weighted by Gasteiger charge is 2.29. The summed E-state index contributed by atoms with van der Waals surface area (Å²) in [6, 6.07) is 9.24. The summed E-state index contributed by atoms with van der Waals surface area (Å²) in [6.45, 7) is 0. The van der Waals surface area contributed by atoms with E-state index < -0.39 is 99.6 Å². The zero-order valence-corrected chi connectivity index (χ0v) is 17.9. The third kappa shape index (κ3) is 4.45. The quantitative estimate of drug-likeness (QED) is 0.114. The molecule has 4 aromatic carbocycles. The lowest BCUT2D eigenvalue weighted by molar-refractivity contribution is 0.380. The molecule has 0 aliphatic heterocycles. The molecule has 0 radical (unpaired) electrons. The van der Waals surface area contributed by atoms with E-state index in [-0.39, 0.29) is 0 Å². The molecule has 0 atom stereocenters. The average molecular weight is 530 g/mol. The first kappa shape index (κ1) is 25.9. The molecule has 0 bridgehead atoms. The van der Waals surface area contributed by atoms with E-state index in [0.717, 1.165) is 24.3 Å². The van der Waals surface area contributed by atoms with Crippen molar-refractivity contribution in [2.75, 3.05) is 0 Å². The Hall–Kier alpha value is -4.16. The van der Waals surface area contributed by atoms with E-state index in [0.29, 0.717) is 0 Å². The van der Waals surface area contributed by atoms with Gasteiger partial charge in [-0.2, -0.15) is 0 Å². The Kier molecular flexibility index (Phi) is 7.06. The first-order chi connectivity index (χ1) is 17.6. The van der Waals surface area contributed by atoms with Crippen LogP contribution >= 0.6 is 0 Å². The maximum Gasteiger partial charge on any atom is 0.576 e. The van der Waals surface area contributed by atoms with Crippen molar-refractivity contribution in [1.82, 2.24) is 0 Å². The zero-order chi connectivity index (χ0) is 27.0. The lowest BCUT2D eigenvalue weighted by Crippen LogP contribution is -2.13. The van der Waals surface area contributed by atoms with Crippen LogP contribution in [0.15, 0.2) is 48.5 Å². The molecule has 0 aliphatic rings. The maximum absolute atomic E-state index is 14.3. The topological polar surface area (TPSA) is 18.5 Å². The van der Waals surface area contributed by atoms with Gasteiger partial charge in [0.25, 0.3) is 0 Å². The molecule has 0 unspecified atom stereocenters. The highest BCUT2D eigenvalue weighted by molar-refractivity contribution is 6.21. The predicted octanol–water partition coefficient (Wildman–Crippen LogP) is 7.14. The van der Waals surface area contributed by atoms with Crippen molar-refractivity contribution >= 4 is 7.69 Å². The first-order valence-electron chi connectivity index (χ1n) is 10.0. The third-order valence-electron chi connectivity index (χ3n) is 5.16. The van der Waals surface area contributed by atoms with Gasteiger partial charge in [0.05, 0.1) is 11.1 Å². The van der Waals surface area contributed by atoms with Gasteiger partial charge in [-0.15, -0.1) is 0 Å². The van der Waals surface area contributed by atoms with Crippen molar-refractivity contribution in [1.29, 1.82) is 0 Å². The predicted molar refractivity (Wildman–Crippen MR) is 112 cm³/mol. The molecular formula is C24H9BF10O2. The second-order valence-electron chi connectivity index (χ2n) is 7.29. The summed E-state index contributed by atoms with van der Waals surface area (Å²) in [5, 5.41) is 0. The maximum atomic E-state index is 14.3. The molecule has 0 amide bonds. The lowest BCUT2D eigenvalue weighted by Gasteiger charge is -2.16. The fourth-order valence-corrected chi connectivity index (χ4v) is 3.44.